The molecule has 0 atom stereocenters. The Kier molecular flexibility index (Phi) is 5.55. The van der Waals surface area contributed by atoms with Crippen molar-refractivity contribution in [3.8, 4) is 11.6 Å². The lowest BCUT2D eigenvalue weighted by Crippen LogP contribution is -2.20. The molecule has 1 saturated heterocycles. The van der Waals surface area contributed by atoms with Crippen molar-refractivity contribution in [3.05, 3.63) is 47.4 Å². The number of benzene rings is 1. The summed E-state index contributed by atoms with van der Waals surface area (Å²) in [7, 11) is 3.83. The highest BCUT2D eigenvalue weighted by atomic mass is 19.1. The van der Waals surface area contributed by atoms with Gasteiger partial charge in [0.1, 0.15) is 17.4 Å². The zero-order valence-electron chi connectivity index (χ0n) is 14.5. The minimum absolute atomic E-state index is 0.0801. The average molecular weight is 348 g/mol. The number of nitrogens with zero attached hydrogens (tertiary/aromatic N) is 4. The van der Waals surface area contributed by atoms with Gasteiger partial charge in [0.15, 0.2) is 0 Å². The minimum Gasteiger partial charge on any atom is -0.437 e. The van der Waals surface area contributed by atoms with Crippen LogP contribution in [0.4, 0.5) is 8.78 Å². The van der Waals surface area contributed by atoms with Gasteiger partial charge in [0.05, 0.1) is 11.9 Å². The lowest BCUT2D eigenvalue weighted by atomic mass is 10.1. The number of ether oxygens (including phenoxy) is 1. The fourth-order valence-electron chi connectivity index (χ4n) is 2.91. The molecule has 25 heavy (non-hydrogen) atoms. The Morgan fingerprint density at radius 1 is 1.12 bits per heavy atom. The van der Waals surface area contributed by atoms with E-state index < -0.39 is 11.6 Å². The first-order chi connectivity index (χ1) is 12.0. The summed E-state index contributed by atoms with van der Waals surface area (Å²) < 4.78 is 34.2. The van der Waals surface area contributed by atoms with E-state index in [1.165, 1.54) is 18.3 Å². The van der Waals surface area contributed by atoms with E-state index in [4.69, 9.17) is 4.74 Å². The summed E-state index contributed by atoms with van der Waals surface area (Å²) in [5.74, 6) is -0.902. The Morgan fingerprint density at radius 2 is 1.80 bits per heavy atom. The van der Waals surface area contributed by atoms with Crippen LogP contribution < -0.4 is 4.74 Å². The van der Waals surface area contributed by atoms with Crippen LogP contribution in [0.15, 0.2) is 24.5 Å². The Hall–Kier alpha value is -2.12. The maximum Gasteiger partial charge on any atom is 0.238 e. The van der Waals surface area contributed by atoms with Crippen molar-refractivity contribution < 1.29 is 13.5 Å². The van der Waals surface area contributed by atoms with Crippen LogP contribution in [0.25, 0.3) is 0 Å². The van der Waals surface area contributed by atoms with Crippen LogP contribution in [0, 0.1) is 11.6 Å². The SMILES string of the molecule is CN(C)Cc1cncc(Oc2cc(F)c(CN3CCCC3)c(F)c2)n1. The standard InChI is InChI=1S/C18H22F2N4O/c1-23(2)11-13-9-21-10-18(22-13)25-14-7-16(19)15(17(20)8-14)12-24-5-3-4-6-24/h7-10H,3-6,11-12H2,1-2H3. The third-order valence-corrected chi connectivity index (χ3v) is 4.06. The number of rotatable bonds is 6. The molecule has 134 valence electrons. The highest BCUT2D eigenvalue weighted by molar-refractivity contribution is 5.33. The quantitative estimate of drug-likeness (QED) is 0.802. The second-order valence-electron chi connectivity index (χ2n) is 6.54. The summed E-state index contributed by atoms with van der Waals surface area (Å²) in [6, 6.07) is 2.41. The molecule has 1 aliphatic rings. The van der Waals surface area contributed by atoms with Crippen LogP contribution in [0.1, 0.15) is 24.1 Å². The molecule has 7 heteroatoms. The smallest absolute Gasteiger partial charge is 0.238 e. The molecule has 0 N–H and O–H groups in total. The maximum atomic E-state index is 14.3. The molecular formula is C18H22F2N4O. The van der Waals surface area contributed by atoms with Gasteiger partial charge in [-0.05, 0) is 40.0 Å². The van der Waals surface area contributed by atoms with Gasteiger partial charge in [-0.15, -0.1) is 0 Å². The molecule has 1 aliphatic heterocycles. The van der Waals surface area contributed by atoms with E-state index in [1.54, 1.807) is 6.20 Å². The molecule has 0 spiro atoms. The Labute approximate surface area is 146 Å². The molecular weight excluding hydrogens is 326 g/mol. The third kappa shape index (κ3) is 4.70. The van der Waals surface area contributed by atoms with Crippen molar-refractivity contribution in [2.45, 2.75) is 25.9 Å². The molecule has 0 bridgehead atoms. The fraction of sp³-hybridized carbons (Fsp3) is 0.444. The summed E-state index contributed by atoms with van der Waals surface area (Å²) in [6.45, 7) is 2.65. The van der Waals surface area contributed by atoms with E-state index >= 15 is 0 Å². The molecule has 5 nitrogen and oxygen atoms in total. The van der Waals surface area contributed by atoms with Crippen LogP contribution in [0.2, 0.25) is 0 Å². The average Bonchev–Trinajstić information content (AvgIpc) is 3.04. The lowest BCUT2D eigenvalue weighted by molar-refractivity contribution is 0.317. The van der Waals surface area contributed by atoms with E-state index in [0.29, 0.717) is 12.2 Å². The summed E-state index contributed by atoms with van der Waals surface area (Å²) in [5, 5.41) is 0. The zero-order chi connectivity index (χ0) is 17.8. The van der Waals surface area contributed by atoms with E-state index in [1.807, 2.05) is 19.0 Å². The molecule has 0 aliphatic carbocycles. The Bertz CT molecular complexity index is 710. The highest BCUT2D eigenvalue weighted by Crippen LogP contribution is 2.26. The van der Waals surface area contributed by atoms with E-state index in [-0.39, 0.29) is 23.7 Å². The number of hydrogen-bond acceptors (Lipinski definition) is 5. The van der Waals surface area contributed by atoms with Gasteiger partial charge in [0, 0.05) is 37.0 Å². The van der Waals surface area contributed by atoms with Gasteiger partial charge in [-0.3, -0.25) is 9.88 Å². The van der Waals surface area contributed by atoms with Crippen LogP contribution in [-0.2, 0) is 13.1 Å². The zero-order valence-corrected chi connectivity index (χ0v) is 14.5. The molecule has 1 aromatic heterocycles. The molecule has 1 aromatic carbocycles. The highest BCUT2D eigenvalue weighted by Gasteiger charge is 2.18. The predicted octanol–water partition coefficient (Wildman–Crippen LogP) is 3.20. The molecule has 0 saturated carbocycles. The molecule has 2 heterocycles. The number of hydrogen-bond donors (Lipinski definition) is 0. The minimum atomic E-state index is -0.598. The monoisotopic (exact) mass is 348 g/mol. The molecule has 0 amide bonds. The fourth-order valence-corrected chi connectivity index (χ4v) is 2.91. The first-order valence-corrected chi connectivity index (χ1v) is 8.35. The van der Waals surface area contributed by atoms with Crippen LogP contribution in [0.3, 0.4) is 0 Å². The van der Waals surface area contributed by atoms with Crippen molar-refractivity contribution in [1.29, 1.82) is 0 Å². The topological polar surface area (TPSA) is 41.5 Å². The van der Waals surface area contributed by atoms with Crippen molar-refractivity contribution in [2.75, 3.05) is 27.2 Å². The number of aromatic nitrogens is 2. The van der Waals surface area contributed by atoms with Crippen molar-refractivity contribution in [3.63, 3.8) is 0 Å². The van der Waals surface area contributed by atoms with Crippen molar-refractivity contribution in [2.24, 2.45) is 0 Å². The van der Waals surface area contributed by atoms with Crippen molar-refractivity contribution >= 4 is 0 Å². The van der Waals surface area contributed by atoms with E-state index in [0.717, 1.165) is 25.9 Å². The summed E-state index contributed by atoms with van der Waals surface area (Å²) >= 11 is 0. The van der Waals surface area contributed by atoms with E-state index in [2.05, 4.69) is 14.9 Å². The molecule has 3 rings (SSSR count). The van der Waals surface area contributed by atoms with Gasteiger partial charge in [-0.25, -0.2) is 13.8 Å². The molecule has 0 radical (unpaired) electrons. The number of likely N-dealkylation sites (tertiary alicyclic amines) is 1. The number of halogens is 2. The van der Waals surface area contributed by atoms with Crippen molar-refractivity contribution in [1.82, 2.24) is 19.8 Å². The third-order valence-electron chi connectivity index (χ3n) is 4.06. The maximum absolute atomic E-state index is 14.3. The van der Waals surface area contributed by atoms with Crippen LogP contribution in [0.5, 0.6) is 11.6 Å². The summed E-state index contributed by atoms with van der Waals surface area (Å²) in [6.07, 6.45) is 5.21. The first-order valence-electron chi connectivity index (χ1n) is 8.35. The summed E-state index contributed by atoms with van der Waals surface area (Å²) in [5.41, 5.74) is 0.802. The van der Waals surface area contributed by atoms with Crippen LogP contribution >= 0.6 is 0 Å². The van der Waals surface area contributed by atoms with Gasteiger partial charge in [0.25, 0.3) is 0 Å². The molecule has 1 fully saturated rings. The Balaban J connectivity index is 1.74. The van der Waals surface area contributed by atoms with Gasteiger partial charge in [-0.1, -0.05) is 0 Å². The van der Waals surface area contributed by atoms with Crippen LogP contribution in [-0.4, -0.2) is 47.0 Å². The van der Waals surface area contributed by atoms with Gasteiger partial charge in [-0.2, -0.15) is 0 Å². The second-order valence-corrected chi connectivity index (χ2v) is 6.54. The largest absolute Gasteiger partial charge is 0.437 e. The van der Waals surface area contributed by atoms with Gasteiger partial charge < -0.3 is 9.64 Å². The van der Waals surface area contributed by atoms with Gasteiger partial charge in [0.2, 0.25) is 5.88 Å². The molecule has 0 unspecified atom stereocenters. The normalized spacial score (nSPS) is 15.1. The summed E-state index contributed by atoms with van der Waals surface area (Å²) in [4.78, 5) is 12.3. The lowest BCUT2D eigenvalue weighted by Gasteiger charge is -2.16. The predicted molar refractivity (Wildman–Crippen MR) is 90.4 cm³/mol. The van der Waals surface area contributed by atoms with E-state index in [9.17, 15) is 8.78 Å². The first kappa shape index (κ1) is 17.7. The second kappa shape index (κ2) is 7.84. The molecule has 2 aromatic rings. The Morgan fingerprint density at radius 3 is 2.44 bits per heavy atom. The van der Waals surface area contributed by atoms with Gasteiger partial charge >= 0.3 is 0 Å².